The van der Waals surface area contributed by atoms with Gasteiger partial charge in [-0.15, -0.1) is 0 Å². The van der Waals surface area contributed by atoms with Gasteiger partial charge in [-0.25, -0.2) is 14.8 Å². The Labute approximate surface area is 282 Å². The Balaban J connectivity index is 1.28. The number of aromatic nitrogens is 2. The number of nitrogens with two attached hydrogens (primary N) is 1. The van der Waals surface area contributed by atoms with Crippen molar-refractivity contribution in [1.82, 2.24) is 30.8 Å². The van der Waals surface area contributed by atoms with Crippen molar-refractivity contribution in [1.29, 1.82) is 5.26 Å². The number of likely N-dealkylation sites (tertiary alicyclic amines) is 1. The Morgan fingerprint density at radius 2 is 1.86 bits per heavy atom. The van der Waals surface area contributed by atoms with Crippen LogP contribution >= 0.6 is 0 Å². The molecule has 2 atom stereocenters. The van der Waals surface area contributed by atoms with Crippen LogP contribution in [0, 0.1) is 16.7 Å². The monoisotopic (exact) mass is 676 g/mol. The van der Waals surface area contributed by atoms with Gasteiger partial charge in [0.1, 0.15) is 23.8 Å². The van der Waals surface area contributed by atoms with Crippen LogP contribution in [-0.2, 0) is 23.9 Å². The van der Waals surface area contributed by atoms with Crippen molar-refractivity contribution in [3.8, 4) is 11.8 Å². The Bertz CT molecular complexity index is 1690. The maximum atomic E-state index is 12.9. The van der Waals surface area contributed by atoms with Crippen molar-refractivity contribution < 1.29 is 38.2 Å². The molecule has 0 radical (unpaired) electrons. The van der Waals surface area contributed by atoms with Gasteiger partial charge in [0.15, 0.2) is 17.7 Å². The van der Waals surface area contributed by atoms with Crippen LogP contribution < -0.4 is 26.4 Å². The van der Waals surface area contributed by atoms with E-state index in [1.54, 1.807) is 25.1 Å². The minimum atomic E-state index is -1.33. The number of amides is 4. The number of fused-ring (bicyclic) bond motifs is 1. The summed E-state index contributed by atoms with van der Waals surface area (Å²) in [6.07, 6.45) is 0.866. The van der Waals surface area contributed by atoms with Gasteiger partial charge < -0.3 is 36.1 Å². The third kappa shape index (κ3) is 9.49. The molecule has 1 aliphatic heterocycles. The number of benzene rings is 1. The van der Waals surface area contributed by atoms with Gasteiger partial charge >= 0.3 is 6.09 Å². The average molecular weight is 677 g/mol. The van der Waals surface area contributed by atoms with Gasteiger partial charge in [-0.05, 0) is 49.8 Å². The van der Waals surface area contributed by atoms with Crippen molar-refractivity contribution >= 4 is 46.3 Å². The van der Waals surface area contributed by atoms with Crippen molar-refractivity contribution in [3.63, 3.8) is 0 Å². The fraction of sp³-hybridized carbons (Fsp3) is 0.485. The number of hydrogen-bond acceptors (Lipinski definition) is 12. The van der Waals surface area contributed by atoms with E-state index in [-0.39, 0.29) is 73.5 Å². The van der Waals surface area contributed by atoms with Crippen LogP contribution in [0.1, 0.15) is 63.4 Å². The molecule has 0 spiro atoms. The molecule has 2 aliphatic rings. The zero-order chi connectivity index (χ0) is 35.7. The largest absolute Gasteiger partial charge is 0.494 e. The van der Waals surface area contributed by atoms with Gasteiger partial charge in [-0.3, -0.25) is 24.0 Å². The van der Waals surface area contributed by atoms with Crippen LogP contribution in [-0.4, -0.2) is 95.2 Å². The van der Waals surface area contributed by atoms with Crippen molar-refractivity contribution in [2.75, 3.05) is 32.8 Å². The molecular weight excluding hydrogens is 636 g/mol. The number of nitrogens with one attached hydrogen (secondary N) is 3. The first-order valence-electron chi connectivity index (χ1n) is 15.9. The number of Topliss-reactive ketones (excluding diaryl/α,β-unsaturated/α-hetero) is 2. The standard InChI is InChI=1S/C33H40N8O8/c1-19(28-24(42)13-33(2,3)14-25(28)43)37-16-26(49-32(35)47)30(45)36-9-5-11-48-21-7-8-23-22(12-21)29(40-18-39-23)31(46)38-17-27(44)41-10-4-6-20(41)15-34/h7-8,12,18,20,26,37H,4-6,9-11,13-14,16-17H2,1-3H3,(H2,35,47)(H,36,45)(H,38,46)/t20-,26+/m0/s1. The number of hydrogen-bond donors (Lipinski definition) is 4. The maximum absolute atomic E-state index is 12.9. The van der Waals surface area contributed by atoms with Gasteiger partial charge in [-0.2, -0.15) is 5.26 Å². The summed E-state index contributed by atoms with van der Waals surface area (Å²) in [6, 6.07) is 6.52. The van der Waals surface area contributed by atoms with E-state index in [0.717, 1.165) is 6.42 Å². The van der Waals surface area contributed by atoms with E-state index in [1.807, 2.05) is 13.8 Å². The summed E-state index contributed by atoms with van der Waals surface area (Å²) in [6.45, 7) is 5.53. The normalized spacial score (nSPS) is 17.6. The summed E-state index contributed by atoms with van der Waals surface area (Å²) >= 11 is 0. The first-order valence-corrected chi connectivity index (χ1v) is 15.9. The molecule has 1 saturated heterocycles. The maximum Gasteiger partial charge on any atom is 0.405 e. The highest BCUT2D eigenvalue weighted by Crippen LogP contribution is 2.34. The molecule has 49 heavy (non-hydrogen) atoms. The lowest BCUT2D eigenvalue weighted by atomic mass is 9.73. The van der Waals surface area contributed by atoms with Gasteiger partial charge in [0.2, 0.25) is 5.91 Å². The van der Waals surface area contributed by atoms with Gasteiger partial charge in [0, 0.05) is 37.0 Å². The van der Waals surface area contributed by atoms with Crippen LogP contribution in [0.3, 0.4) is 0 Å². The third-order valence-corrected chi connectivity index (χ3v) is 8.15. The fourth-order valence-electron chi connectivity index (χ4n) is 5.78. The van der Waals surface area contributed by atoms with E-state index in [1.165, 1.54) is 11.2 Å². The summed E-state index contributed by atoms with van der Waals surface area (Å²) in [5.41, 5.74) is 5.60. The van der Waals surface area contributed by atoms with E-state index >= 15 is 0 Å². The van der Waals surface area contributed by atoms with E-state index < -0.39 is 35.5 Å². The summed E-state index contributed by atoms with van der Waals surface area (Å²) in [5, 5.41) is 17.7. The lowest BCUT2D eigenvalue weighted by Crippen LogP contribution is -2.45. The molecule has 1 aromatic heterocycles. The molecule has 2 heterocycles. The van der Waals surface area contributed by atoms with Crippen LogP contribution in [0.25, 0.3) is 10.9 Å². The Kier molecular flexibility index (Phi) is 11.8. The smallest absolute Gasteiger partial charge is 0.405 e. The van der Waals surface area contributed by atoms with Crippen LogP contribution in [0.4, 0.5) is 4.79 Å². The van der Waals surface area contributed by atoms with E-state index in [2.05, 4.69) is 32.0 Å². The molecule has 4 amide bonds. The summed E-state index contributed by atoms with van der Waals surface area (Å²) in [7, 11) is 0. The zero-order valence-corrected chi connectivity index (χ0v) is 27.7. The number of primary amides is 1. The molecule has 1 aromatic carbocycles. The minimum Gasteiger partial charge on any atom is -0.494 e. The molecule has 16 nitrogen and oxygen atoms in total. The van der Waals surface area contributed by atoms with Crippen LogP contribution in [0.5, 0.6) is 5.75 Å². The molecule has 1 saturated carbocycles. The number of rotatable bonds is 13. The lowest BCUT2D eigenvalue weighted by Gasteiger charge is -2.29. The second-order valence-electron chi connectivity index (χ2n) is 12.6. The second-order valence-corrected chi connectivity index (χ2v) is 12.6. The molecule has 16 heteroatoms. The topological polar surface area (TPSA) is 236 Å². The predicted octanol–water partition coefficient (Wildman–Crippen LogP) is 1.04. The first-order chi connectivity index (χ1) is 23.3. The van der Waals surface area contributed by atoms with Gasteiger partial charge in [0.25, 0.3) is 11.8 Å². The Morgan fingerprint density at radius 3 is 2.55 bits per heavy atom. The summed E-state index contributed by atoms with van der Waals surface area (Å²) in [5.74, 6) is -1.74. The highest BCUT2D eigenvalue weighted by atomic mass is 16.6. The van der Waals surface area contributed by atoms with Crippen molar-refractivity contribution in [2.45, 2.75) is 65.0 Å². The lowest BCUT2D eigenvalue weighted by molar-refractivity contribution is -0.130. The number of carbonyl (C=O) groups is 6. The first kappa shape index (κ1) is 36.2. The number of ether oxygens (including phenoxy) is 2. The summed E-state index contributed by atoms with van der Waals surface area (Å²) < 4.78 is 10.8. The average Bonchev–Trinajstić information content (AvgIpc) is 3.53. The van der Waals surface area contributed by atoms with E-state index in [9.17, 15) is 34.0 Å². The van der Waals surface area contributed by atoms with E-state index in [4.69, 9.17) is 15.2 Å². The molecule has 2 aromatic rings. The Morgan fingerprint density at radius 1 is 1.12 bits per heavy atom. The number of nitriles is 1. The predicted molar refractivity (Wildman–Crippen MR) is 174 cm³/mol. The molecule has 2 fully saturated rings. The Hall–Kier alpha value is -5.59. The van der Waals surface area contributed by atoms with Gasteiger partial charge in [-0.1, -0.05) is 13.8 Å². The molecular formula is C33H40N8O8. The van der Waals surface area contributed by atoms with Crippen LogP contribution in [0.2, 0.25) is 0 Å². The molecule has 0 bridgehead atoms. The molecule has 1 aliphatic carbocycles. The molecule has 0 unspecified atom stereocenters. The van der Waals surface area contributed by atoms with E-state index in [0.29, 0.717) is 36.0 Å². The number of ketones is 2. The summed E-state index contributed by atoms with van der Waals surface area (Å²) in [4.78, 5) is 84.7. The minimum absolute atomic E-state index is 0.0463. The highest BCUT2D eigenvalue weighted by Gasteiger charge is 2.37. The second kappa shape index (κ2) is 16.0. The molecule has 4 rings (SSSR count). The number of allylic oxidation sites excluding steroid dienone is 2. The van der Waals surface area contributed by atoms with Crippen molar-refractivity contribution in [2.24, 2.45) is 11.1 Å². The molecule has 5 N–H and O–H groups in total. The highest BCUT2D eigenvalue weighted by molar-refractivity contribution is 6.22. The SMILES string of the molecule is CC(NC[C@@H](OC(N)=O)C(=O)NCCCOc1ccc2ncnc(C(=O)NCC(=O)N3CCC[C@H]3C#N)c2c1)=C1C(=O)CC(C)(C)CC1=O. The van der Waals surface area contributed by atoms with Crippen molar-refractivity contribution in [3.05, 3.63) is 41.5 Å². The zero-order valence-electron chi connectivity index (χ0n) is 27.7. The van der Waals surface area contributed by atoms with Crippen LogP contribution in [0.15, 0.2) is 35.8 Å². The third-order valence-electron chi connectivity index (χ3n) is 8.15. The van der Waals surface area contributed by atoms with Gasteiger partial charge in [0.05, 0.1) is 36.9 Å². The quantitative estimate of drug-likeness (QED) is 0.132. The molecule has 260 valence electrons. The fourth-order valence-corrected chi connectivity index (χ4v) is 5.78. The number of carbonyl (C=O) groups excluding carboxylic acids is 6. The number of nitrogens with zero attached hydrogens (tertiary/aromatic N) is 4.